The summed E-state index contributed by atoms with van der Waals surface area (Å²) in [6.45, 7) is 2.52. The van der Waals surface area contributed by atoms with Crippen LogP contribution in [0.2, 0.25) is 0 Å². The quantitative estimate of drug-likeness (QED) is 0.695. The fraction of sp³-hybridized carbons (Fsp3) is 0.900. The first-order valence-corrected chi connectivity index (χ1v) is 5.07. The average Bonchev–Trinajstić information content (AvgIpc) is 2.08. The summed E-state index contributed by atoms with van der Waals surface area (Å²) in [6.07, 6.45) is 4.60. The zero-order chi connectivity index (χ0) is 9.84. The molecule has 1 saturated carbocycles. The molecule has 1 fully saturated rings. The Morgan fingerprint density at radius 2 is 1.92 bits per heavy atom. The first-order valence-electron chi connectivity index (χ1n) is 5.07. The number of amides is 1. The Morgan fingerprint density at radius 1 is 1.38 bits per heavy atom. The zero-order valence-corrected chi connectivity index (χ0v) is 8.62. The van der Waals surface area contributed by atoms with Crippen molar-refractivity contribution < 1.29 is 4.79 Å². The summed E-state index contributed by atoms with van der Waals surface area (Å²) in [5.74, 6) is 0.837. The Hall–Kier alpha value is -0.570. The van der Waals surface area contributed by atoms with Crippen LogP contribution in [-0.4, -0.2) is 30.4 Å². The second-order valence-corrected chi connectivity index (χ2v) is 4.18. The third kappa shape index (κ3) is 3.35. The Labute approximate surface area is 80.3 Å². The molecule has 0 aromatic heterocycles. The molecule has 2 N–H and O–H groups in total. The Morgan fingerprint density at radius 3 is 2.38 bits per heavy atom. The van der Waals surface area contributed by atoms with Gasteiger partial charge in [-0.05, 0) is 31.6 Å². The molecule has 0 aromatic carbocycles. The summed E-state index contributed by atoms with van der Waals surface area (Å²) in [5, 5.41) is 0. The van der Waals surface area contributed by atoms with Gasteiger partial charge in [-0.15, -0.1) is 0 Å². The van der Waals surface area contributed by atoms with Gasteiger partial charge in [0.05, 0.1) is 0 Å². The minimum absolute atomic E-state index is 0.162. The highest BCUT2D eigenvalue weighted by atomic mass is 16.2. The van der Waals surface area contributed by atoms with Crippen molar-refractivity contribution in [2.45, 2.75) is 38.6 Å². The number of hydrogen-bond acceptors (Lipinski definition) is 2. The lowest BCUT2D eigenvalue weighted by Crippen LogP contribution is -2.34. The van der Waals surface area contributed by atoms with E-state index in [1.54, 1.807) is 6.92 Å². The van der Waals surface area contributed by atoms with Crippen LogP contribution in [0, 0.1) is 5.92 Å². The highest BCUT2D eigenvalue weighted by Gasteiger charge is 2.20. The minimum Gasteiger partial charge on any atom is -0.346 e. The molecule has 0 radical (unpaired) electrons. The molecule has 3 heteroatoms. The molecule has 13 heavy (non-hydrogen) atoms. The molecule has 0 aliphatic heterocycles. The van der Waals surface area contributed by atoms with E-state index in [0.717, 1.165) is 19.4 Å². The Bertz CT molecular complexity index is 174. The van der Waals surface area contributed by atoms with Gasteiger partial charge in [-0.25, -0.2) is 0 Å². The van der Waals surface area contributed by atoms with Gasteiger partial charge in [-0.2, -0.15) is 0 Å². The molecule has 0 heterocycles. The predicted octanol–water partition coefficient (Wildman–Crippen LogP) is 0.982. The first kappa shape index (κ1) is 10.5. The number of nitrogens with two attached hydrogens (primary N) is 1. The largest absolute Gasteiger partial charge is 0.346 e. The van der Waals surface area contributed by atoms with Crippen LogP contribution in [0.5, 0.6) is 0 Å². The number of rotatable bonds is 2. The molecule has 3 nitrogen and oxygen atoms in total. The summed E-state index contributed by atoms with van der Waals surface area (Å²) in [7, 11) is 1.87. The summed E-state index contributed by atoms with van der Waals surface area (Å²) in [5.41, 5.74) is 5.81. The zero-order valence-electron chi connectivity index (χ0n) is 8.62. The number of carbonyl (C=O) groups is 1. The van der Waals surface area contributed by atoms with Crippen molar-refractivity contribution in [2.75, 3.05) is 13.6 Å². The van der Waals surface area contributed by atoms with Crippen LogP contribution in [0.1, 0.15) is 32.6 Å². The Balaban J connectivity index is 2.26. The van der Waals surface area contributed by atoms with Gasteiger partial charge in [0.15, 0.2) is 0 Å². The maximum atomic E-state index is 11.0. The van der Waals surface area contributed by atoms with Gasteiger partial charge in [-0.1, -0.05) is 0 Å². The van der Waals surface area contributed by atoms with Crippen molar-refractivity contribution in [3.8, 4) is 0 Å². The van der Waals surface area contributed by atoms with Gasteiger partial charge >= 0.3 is 0 Å². The van der Waals surface area contributed by atoms with E-state index in [4.69, 9.17) is 5.73 Å². The standard InChI is InChI=1S/C10H20N2O/c1-8(13)12(2)7-9-3-5-10(11)6-4-9/h9-10H,3-7,11H2,1-2H3. The molecular formula is C10H20N2O. The van der Waals surface area contributed by atoms with Gasteiger partial charge in [0.1, 0.15) is 0 Å². The summed E-state index contributed by atoms with van der Waals surface area (Å²) < 4.78 is 0. The normalized spacial score (nSPS) is 28.5. The van der Waals surface area contributed by atoms with Gasteiger partial charge in [0, 0.05) is 26.6 Å². The highest BCUT2D eigenvalue weighted by molar-refractivity contribution is 5.72. The van der Waals surface area contributed by atoms with Crippen LogP contribution in [-0.2, 0) is 4.79 Å². The van der Waals surface area contributed by atoms with Crippen molar-refractivity contribution in [1.82, 2.24) is 4.90 Å². The van der Waals surface area contributed by atoms with Gasteiger partial charge in [-0.3, -0.25) is 4.79 Å². The second-order valence-electron chi connectivity index (χ2n) is 4.18. The van der Waals surface area contributed by atoms with Crippen molar-refractivity contribution >= 4 is 5.91 Å². The fourth-order valence-corrected chi connectivity index (χ4v) is 1.89. The summed E-state index contributed by atoms with van der Waals surface area (Å²) >= 11 is 0. The van der Waals surface area contributed by atoms with Crippen LogP contribution < -0.4 is 5.73 Å². The maximum absolute atomic E-state index is 11.0. The van der Waals surface area contributed by atoms with Crippen LogP contribution in [0.3, 0.4) is 0 Å². The first-order chi connectivity index (χ1) is 6.09. The minimum atomic E-state index is 0.162. The third-order valence-electron chi connectivity index (χ3n) is 2.96. The smallest absolute Gasteiger partial charge is 0.219 e. The van der Waals surface area contributed by atoms with E-state index < -0.39 is 0 Å². The van der Waals surface area contributed by atoms with Crippen molar-refractivity contribution in [2.24, 2.45) is 11.7 Å². The van der Waals surface area contributed by atoms with E-state index in [2.05, 4.69) is 0 Å². The highest BCUT2D eigenvalue weighted by Crippen LogP contribution is 2.23. The molecule has 1 aliphatic rings. The van der Waals surface area contributed by atoms with E-state index in [9.17, 15) is 4.79 Å². The molecule has 76 valence electrons. The number of nitrogens with zero attached hydrogens (tertiary/aromatic N) is 1. The topological polar surface area (TPSA) is 46.3 Å². The lowest BCUT2D eigenvalue weighted by Gasteiger charge is -2.29. The van der Waals surface area contributed by atoms with E-state index in [-0.39, 0.29) is 5.91 Å². The molecule has 0 bridgehead atoms. The monoisotopic (exact) mass is 184 g/mol. The van der Waals surface area contributed by atoms with Crippen LogP contribution >= 0.6 is 0 Å². The molecule has 0 unspecified atom stereocenters. The number of carbonyl (C=O) groups excluding carboxylic acids is 1. The maximum Gasteiger partial charge on any atom is 0.219 e. The molecule has 1 amide bonds. The summed E-state index contributed by atoms with van der Waals surface area (Å²) in [6, 6.07) is 0.402. The molecule has 1 rings (SSSR count). The van der Waals surface area contributed by atoms with E-state index >= 15 is 0 Å². The van der Waals surface area contributed by atoms with E-state index in [1.807, 2.05) is 11.9 Å². The molecule has 0 aromatic rings. The molecule has 0 saturated heterocycles. The molecule has 1 aliphatic carbocycles. The van der Waals surface area contributed by atoms with Crippen LogP contribution in [0.4, 0.5) is 0 Å². The molecular weight excluding hydrogens is 164 g/mol. The van der Waals surface area contributed by atoms with Crippen molar-refractivity contribution in [3.63, 3.8) is 0 Å². The van der Waals surface area contributed by atoms with Crippen molar-refractivity contribution in [1.29, 1.82) is 0 Å². The van der Waals surface area contributed by atoms with Gasteiger partial charge in [0.25, 0.3) is 0 Å². The number of hydrogen-bond donors (Lipinski definition) is 1. The Kier molecular flexibility index (Phi) is 3.72. The van der Waals surface area contributed by atoms with Gasteiger partial charge in [0.2, 0.25) is 5.91 Å². The van der Waals surface area contributed by atoms with Crippen LogP contribution in [0.25, 0.3) is 0 Å². The fourth-order valence-electron chi connectivity index (χ4n) is 1.89. The molecule has 0 atom stereocenters. The lowest BCUT2D eigenvalue weighted by atomic mass is 9.86. The SMILES string of the molecule is CC(=O)N(C)CC1CCC(N)CC1. The van der Waals surface area contributed by atoms with Crippen LogP contribution in [0.15, 0.2) is 0 Å². The van der Waals surface area contributed by atoms with E-state index in [0.29, 0.717) is 12.0 Å². The van der Waals surface area contributed by atoms with Gasteiger partial charge < -0.3 is 10.6 Å². The third-order valence-corrected chi connectivity index (χ3v) is 2.96. The lowest BCUT2D eigenvalue weighted by molar-refractivity contribution is -0.128. The van der Waals surface area contributed by atoms with E-state index in [1.165, 1.54) is 12.8 Å². The second kappa shape index (κ2) is 4.61. The average molecular weight is 184 g/mol. The molecule has 0 spiro atoms. The summed E-state index contributed by atoms with van der Waals surface area (Å²) in [4.78, 5) is 12.8. The predicted molar refractivity (Wildman–Crippen MR) is 53.2 cm³/mol. The van der Waals surface area contributed by atoms with Crippen molar-refractivity contribution in [3.05, 3.63) is 0 Å².